The molecule has 0 spiro atoms. The number of aromatic nitrogens is 3. The van der Waals surface area contributed by atoms with Gasteiger partial charge in [0, 0.05) is 18.7 Å². The third-order valence-electron chi connectivity index (χ3n) is 6.51. The van der Waals surface area contributed by atoms with Gasteiger partial charge >= 0.3 is 0 Å². The van der Waals surface area contributed by atoms with Gasteiger partial charge in [0.05, 0.1) is 40.6 Å². The van der Waals surface area contributed by atoms with E-state index in [-0.39, 0.29) is 41.1 Å². The molecule has 1 saturated heterocycles. The minimum absolute atomic E-state index is 0.0641. The number of sulfonamides is 1. The van der Waals surface area contributed by atoms with Crippen molar-refractivity contribution in [1.29, 1.82) is 0 Å². The second kappa shape index (κ2) is 12.9. The molecule has 42 heavy (non-hydrogen) atoms. The maximum Gasteiger partial charge on any atom is 0.243 e. The zero-order valence-corrected chi connectivity index (χ0v) is 24.7. The summed E-state index contributed by atoms with van der Waals surface area (Å²) in [6.07, 6.45) is 0. The number of morpholine rings is 1. The Hall–Kier alpha value is -3.36. The molecule has 1 amide bonds. The van der Waals surface area contributed by atoms with Crippen LogP contribution in [0, 0.1) is 11.6 Å². The van der Waals surface area contributed by atoms with Crippen LogP contribution in [0.5, 0.6) is 0 Å². The van der Waals surface area contributed by atoms with Gasteiger partial charge in [-0.05, 0) is 55.0 Å². The Morgan fingerprint density at radius 2 is 1.76 bits per heavy atom. The SMILES string of the molecule is C[C@@H](Sc1nnc(-c2cccc(S(=O)(=O)N3CCOCC3)c2)n1Cc1ccc(F)cc1)C(=O)Nc1ccc(F)cc1Cl. The zero-order chi connectivity index (χ0) is 29.9. The third-order valence-corrected chi connectivity index (χ3v) is 9.80. The molecule has 9 nitrogen and oxygen atoms in total. The first kappa shape index (κ1) is 30.1. The summed E-state index contributed by atoms with van der Waals surface area (Å²) >= 11 is 7.19. The van der Waals surface area contributed by atoms with Gasteiger partial charge in [0.25, 0.3) is 0 Å². The molecule has 0 saturated carbocycles. The van der Waals surface area contributed by atoms with Crippen LogP contribution in [-0.4, -0.2) is 64.9 Å². The summed E-state index contributed by atoms with van der Waals surface area (Å²) in [6.45, 7) is 3.07. The van der Waals surface area contributed by atoms with E-state index in [9.17, 15) is 22.0 Å². The summed E-state index contributed by atoms with van der Waals surface area (Å²) in [7, 11) is -3.77. The number of amides is 1. The number of nitrogens with zero attached hydrogens (tertiary/aromatic N) is 4. The van der Waals surface area contributed by atoms with Crippen LogP contribution in [-0.2, 0) is 26.1 Å². The highest BCUT2D eigenvalue weighted by Gasteiger charge is 2.28. The molecule has 5 rings (SSSR count). The average Bonchev–Trinajstić information content (AvgIpc) is 3.37. The van der Waals surface area contributed by atoms with E-state index in [2.05, 4.69) is 15.5 Å². The molecule has 1 atom stereocenters. The Balaban J connectivity index is 1.45. The molecule has 3 aromatic carbocycles. The van der Waals surface area contributed by atoms with Gasteiger partial charge in [0.1, 0.15) is 11.6 Å². The monoisotopic (exact) mass is 633 g/mol. The van der Waals surface area contributed by atoms with Crippen molar-refractivity contribution >= 4 is 45.0 Å². The van der Waals surface area contributed by atoms with Crippen molar-refractivity contribution in [3.05, 3.63) is 89.0 Å². The highest BCUT2D eigenvalue weighted by molar-refractivity contribution is 8.00. The lowest BCUT2D eigenvalue weighted by Crippen LogP contribution is -2.40. The van der Waals surface area contributed by atoms with Crippen LogP contribution in [0.3, 0.4) is 0 Å². The highest BCUT2D eigenvalue weighted by atomic mass is 35.5. The fourth-order valence-electron chi connectivity index (χ4n) is 4.27. The largest absolute Gasteiger partial charge is 0.379 e. The van der Waals surface area contributed by atoms with Crippen LogP contribution >= 0.6 is 23.4 Å². The molecular formula is C28H26ClF2N5O4S2. The van der Waals surface area contributed by atoms with Crippen LogP contribution in [0.4, 0.5) is 14.5 Å². The van der Waals surface area contributed by atoms with Crippen molar-refractivity contribution in [3.63, 3.8) is 0 Å². The van der Waals surface area contributed by atoms with E-state index in [4.69, 9.17) is 16.3 Å². The van der Waals surface area contributed by atoms with Gasteiger partial charge in [0.15, 0.2) is 11.0 Å². The van der Waals surface area contributed by atoms with Gasteiger partial charge in [-0.2, -0.15) is 4.31 Å². The number of carbonyl (C=O) groups is 1. The molecule has 0 aliphatic carbocycles. The molecule has 14 heteroatoms. The highest BCUT2D eigenvalue weighted by Crippen LogP contribution is 2.31. The van der Waals surface area contributed by atoms with Crippen molar-refractivity contribution in [1.82, 2.24) is 19.1 Å². The predicted octanol–water partition coefficient (Wildman–Crippen LogP) is 5.07. The van der Waals surface area contributed by atoms with Crippen LogP contribution in [0.15, 0.2) is 76.8 Å². The molecule has 0 bridgehead atoms. The summed E-state index contributed by atoms with van der Waals surface area (Å²) in [5, 5.41) is 11.1. The number of benzene rings is 3. The molecule has 0 radical (unpaired) electrons. The quantitative estimate of drug-likeness (QED) is 0.257. The lowest BCUT2D eigenvalue weighted by Gasteiger charge is -2.26. The lowest BCUT2D eigenvalue weighted by atomic mass is 10.2. The second-order valence-electron chi connectivity index (χ2n) is 9.44. The number of halogens is 3. The fourth-order valence-corrected chi connectivity index (χ4v) is 6.79. The maximum atomic E-state index is 13.6. The van der Waals surface area contributed by atoms with Crippen molar-refractivity contribution in [2.24, 2.45) is 0 Å². The van der Waals surface area contributed by atoms with Gasteiger partial charge in [-0.25, -0.2) is 17.2 Å². The van der Waals surface area contributed by atoms with Crippen molar-refractivity contribution in [2.45, 2.75) is 28.8 Å². The number of thioether (sulfide) groups is 1. The molecular weight excluding hydrogens is 608 g/mol. The van der Waals surface area contributed by atoms with Gasteiger partial charge < -0.3 is 10.1 Å². The Bertz CT molecular complexity index is 1700. The number of rotatable bonds is 9. The minimum atomic E-state index is -3.77. The van der Waals surface area contributed by atoms with E-state index in [0.717, 1.165) is 23.4 Å². The zero-order valence-electron chi connectivity index (χ0n) is 22.3. The summed E-state index contributed by atoms with van der Waals surface area (Å²) < 4.78 is 62.1. The summed E-state index contributed by atoms with van der Waals surface area (Å²) in [4.78, 5) is 13.1. The lowest BCUT2D eigenvalue weighted by molar-refractivity contribution is -0.115. The number of carbonyl (C=O) groups excluding carboxylic acids is 1. The first-order chi connectivity index (χ1) is 20.1. The van der Waals surface area contributed by atoms with Gasteiger partial charge in [-0.1, -0.05) is 47.6 Å². The fraction of sp³-hybridized carbons (Fsp3) is 0.250. The topological polar surface area (TPSA) is 106 Å². The molecule has 1 fully saturated rings. The smallest absolute Gasteiger partial charge is 0.243 e. The van der Waals surface area contributed by atoms with Crippen LogP contribution in [0.1, 0.15) is 12.5 Å². The number of hydrogen-bond donors (Lipinski definition) is 1. The molecule has 4 aromatic rings. The van der Waals surface area contributed by atoms with Gasteiger partial charge in [0.2, 0.25) is 15.9 Å². The molecule has 220 valence electrons. The Morgan fingerprint density at radius 1 is 1.05 bits per heavy atom. The minimum Gasteiger partial charge on any atom is -0.379 e. The predicted molar refractivity (Wildman–Crippen MR) is 156 cm³/mol. The normalized spacial score (nSPS) is 15.0. The van der Waals surface area contributed by atoms with E-state index >= 15 is 0 Å². The maximum absolute atomic E-state index is 13.6. The molecule has 1 aromatic heterocycles. The molecule has 1 aliphatic heterocycles. The summed E-state index contributed by atoms with van der Waals surface area (Å²) in [5.74, 6) is -0.938. The first-order valence-electron chi connectivity index (χ1n) is 12.9. The van der Waals surface area contributed by atoms with E-state index < -0.39 is 27.0 Å². The van der Waals surface area contributed by atoms with Crippen LogP contribution in [0.25, 0.3) is 11.4 Å². The standard InChI is InChI=1S/C28H26ClF2N5O4S2/c1-18(27(37)32-25-10-9-22(31)16-24(25)29)41-28-34-33-26(36(28)17-19-5-7-21(30)8-6-19)20-3-2-4-23(15-20)42(38,39)35-11-13-40-14-12-35/h2-10,15-16,18H,11-14,17H2,1H3,(H,32,37)/t18-/m1/s1. The number of anilines is 1. The second-order valence-corrected chi connectivity index (χ2v) is 13.1. The third kappa shape index (κ3) is 6.81. The van der Waals surface area contributed by atoms with Gasteiger partial charge in [-0.3, -0.25) is 9.36 Å². The van der Waals surface area contributed by atoms with E-state index in [1.807, 2.05) is 0 Å². The Labute approximate surface area is 250 Å². The van der Waals surface area contributed by atoms with Crippen molar-refractivity contribution in [3.8, 4) is 11.4 Å². The van der Waals surface area contributed by atoms with E-state index in [0.29, 0.717) is 29.8 Å². The molecule has 1 N–H and O–H groups in total. The molecule has 2 heterocycles. The van der Waals surface area contributed by atoms with Gasteiger partial charge in [-0.15, -0.1) is 10.2 Å². The van der Waals surface area contributed by atoms with E-state index in [1.54, 1.807) is 35.8 Å². The average molecular weight is 634 g/mol. The number of hydrogen-bond acceptors (Lipinski definition) is 7. The number of ether oxygens (including phenoxy) is 1. The Morgan fingerprint density at radius 3 is 2.48 bits per heavy atom. The summed E-state index contributed by atoms with van der Waals surface area (Å²) in [5.41, 5.74) is 1.51. The Kier molecular flexibility index (Phi) is 9.23. The summed E-state index contributed by atoms with van der Waals surface area (Å²) in [6, 6.07) is 16.0. The van der Waals surface area contributed by atoms with Crippen molar-refractivity contribution < 1.29 is 26.7 Å². The van der Waals surface area contributed by atoms with E-state index in [1.165, 1.54) is 40.7 Å². The molecule has 0 unspecified atom stereocenters. The molecule has 1 aliphatic rings. The van der Waals surface area contributed by atoms with Crippen molar-refractivity contribution in [2.75, 3.05) is 31.6 Å². The van der Waals surface area contributed by atoms with Crippen LogP contribution < -0.4 is 5.32 Å². The first-order valence-corrected chi connectivity index (χ1v) is 15.6. The van der Waals surface area contributed by atoms with Crippen LogP contribution in [0.2, 0.25) is 5.02 Å². The number of nitrogens with one attached hydrogen (secondary N) is 1.